The zero-order valence-electron chi connectivity index (χ0n) is 10.6. The van der Waals surface area contributed by atoms with Gasteiger partial charge in [-0.1, -0.05) is 25.4 Å². The number of nitrogens with two attached hydrogens (primary N) is 1. The van der Waals surface area contributed by atoms with E-state index in [1.165, 1.54) is 0 Å². The van der Waals surface area contributed by atoms with E-state index in [1.807, 2.05) is 13.8 Å². The summed E-state index contributed by atoms with van der Waals surface area (Å²) in [5.41, 5.74) is 6.36. The lowest BCUT2D eigenvalue weighted by atomic mass is 9.94. The molecule has 3 nitrogen and oxygen atoms in total. The zero-order valence-corrected chi connectivity index (χ0v) is 12.9. The van der Waals surface area contributed by atoms with Gasteiger partial charge < -0.3 is 11.1 Å². The summed E-state index contributed by atoms with van der Waals surface area (Å²) in [6, 6.07) is 5.08. The van der Waals surface area contributed by atoms with Crippen molar-refractivity contribution in [2.75, 3.05) is 6.54 Å². The number of hydrogen-bond acceptors (Lipinski definition) is 2. The van der Waals surface area contributed by atoms with Gasteiger partial charge in [-0.2, -0.15) is 0 Å². The van der Waals surface area contributed by atoms with Gasteiger partial charge in [-0.15, -0.1) is 0 Å². The smallest absolute Gasteiger partial charge is 0.252 e. The lowest BCUT2D eigenvalue weighted by Crippen LogP contribution is -2.49. The fourth-order valence-corrected chi connectivity index (χ4v) is 2.39. The Balaban J connectivity index is 2.71. The highest BCUT2D eigenvalue weighted by Crippen LogP contribution is 2.21. The third-order valence-electron chi connectivity index (χ3n) is 3.19. The second-order valence-corrected chi connectivity index (χ2v) is 5.67. The Morgan fingerprint density at radius 1 is 1.44 bits per heavy atom. The highest BCUT2D eigenvalue weighted by molar-refractivity contribution is 9.10. The van der Waals surface area contributed by atoms with Gasteiger partial charge in [0.1, 0.15) is 0 Å². The number of nitrogens with one attached hydrogen (secondary N) is 1. The Bertz CT molecular complexity index is 433. The summed E-state index contributed by atoms with van der Waals surface area (Å²) in [6.45, 7) is 4.51. The summed E-state index contributed by atoms with van der Waals surface area (Å²) >= 11 is 9.16. The Morgan fingerprint density at radius 2 is 2.06 bits per heavy atom. The van der Waals surface area contributed by atoms with Crippen LogP contribution < -0.4 is 11.1 Å². The van der Waals surface area contributed by atoms with Gasteiger partial charge >= 0.3 is 0 Å². The summed E-state index contributed by atoms with van der Waals surface area (Å²) in [6.07, 6.45) is 1.65. The number of carbonyl (C=O) groups excluding carboxylic acids is 1. The maximum absolute atomic E-state index is 12.0. The molecule has 1 aromatic rings. The molecule has 0 atom stereocenters. The molecule has 3 N–H and O–H groups in total. The molecule has 0 heterocycles. The van der Waals surface area contributed by atoms with E-state index in [-0.39, 0.29) is 11.4 Å². The maximum Gasteiger partial charge on any atom is 0.252 e. The Morgan fingerprint density at radius 3 is 2.56 bits per heavy atom. The van der Waals surface area contributed by atoms with Gasteiger partial charge in [0.25, 0.3) is 5.91 Å². The first-order chi connectivity index (χ1) is 8.41. The predicted octanol–water partition coefficient (Wildman–Crippen LogP) is 3.35. The molecule has 5 heteroatoms. The van der Waals surface area contributed by atoms with Crippen molar-refractivity contribution < 1.29 is 4.79 Å². The minimum absolute atomic E-state index is 0.143. The van der Waals surface area contributed by atoms with E-state index in [4.69, 9.17) is 17.3 Å². The number of amides is 1. The molecule has 18 heavy (non-hydrogen) atoms. The van der Waals surface area contributed by atoms with E-state index in [2.05, 4.69) is 21.2 Å². The summed E-state index contributed by atoms with van der Waals surface area (Å²) in [5, 5.41) is 3.46. The molecule has 100 valence electrons. The largest absolute Gasteiger partial charge is 0.350 e. The molecule has 1 rings (SSSR count). The minimum Gasteiger partial charge on any atom is -0.350 e. The number of hydrogen-bond donors (Lipinski definition) is 2. The van der Waals surface area contributed by atoms with Crippen molar-refractivity contribution in [3.05, 3.63) is 33.3 Å². The van der Waals surface area contributed by atoms with E-state index >= 15 is 0 Å². The highest BCUT2D eigenvalue weighted by Gasteiger charge is 2.21. The molecule has 0 aliphatic carbocycles. The number of halogens is 2. The van der Waals surface area contributed by atoms with Crippen LogP contribution in [0.5, 0.6) is 0 Å². The molecule has 0 aliphatic heterocycles. The minimum atomic E-state index is -0.339. The van der Waals surface area contributed by atoms with Crippen molar-refractivity contribution >= 4 is 33.4 Å². The third kappa shape index (κ3) is 3.97. The molecule has 0 bridgehead atoms. The predicted molar refractivity (Wildman–Crippen MR) is 79.0 cm³/mol. The van der Waals surface area contributed by atoms with Gasteiger partial charge in [0.2, 0.25) is 0 Å². The summed E-state index contributed by atoms with van der Waals surface area (Å²) < 4.78 is 0.683. The van der Waals surface area contributed by atoms with Crippen molar-refractivity contribution in [2.45, 2.75) is 32.2 Å². The van der Waals surface area contributed by atoms with Gasteiger partial charge in [-0.25, -0.2) is 0 Å². The normalized spacial score (nSPS) is 11.4. The zero-order chi connectivity index (χ0) is 13.8. The van der Waals surface area contributed by atoms with Crippen LogP contribution in [0.1, 0.15) is 37.0 Å². The van der Waals surface area contributed by atoms with Crippen LogP contribution in [0.15, 0.2) is 22.7 Å². The van der Waals surface area contributed by atoms with Gasteiger partial charge in [0, 0.05) is 21.6 Å². The SMILES string of the molecule is CCC(N)(CC)CNC(=O)c1ccc(Cl)cc1Br. The van der Waals surface area contributed by atoms with Crippen molar-refractivity contribution in [1.29, 1.82) is 0 Å². The van der Waals surface area contributed by atoms with Crippen LogP contribution in [0.4, 0.5) is 0 Å². The Hall–Kier alpha value is -0.580. The van der Waals surface area contributed by atoms with Crippen LogP contribution in [0.2, 0.25) is 5.02 Å². The van der Waals surface area contributed by atoms with Gasteiger partial charge in [0.15, 0.2) is 0 Å². The average molecular weight is 334 g/mol. The quantitative estimate of drug-likeness (QED) is 0.868. The van der Waals surface area contributed by atoms with Crippen LogP contribution in [0.25, 0.3) is 0 Å². The van der Waals surface area contributed by atoms with E-state index < -0.39 is 0 Å². The monoisotopic (exact) mass is 332 g/mol. The topological polar surface area (TPSA) is 55.1 Å². The van der Waals surface area contributed by atoms with Gasteiger partial charge in [0.05, 0.1) is 5.56 Å². The van der Waals surface area contributed by atoms with Crippen LogP contribution in [-0.4, -0.2) is 18.0 Å². The standard InChI is InChI=1S/C13H18BrClN2O/c1-3-13(16,4-2)8-17-12(18)10-6-5-9(15)7-11(10)14/h5-7H,3-4,8,16H2,1-2H3,(H,17,18). The van der Waals surface area contributed by atoms with Crippen molar-refractivity contribution in [3.8, 4) is 0 Å². The lowest BCUT2D eigenvalue weighted by Gasteiger charge is -2.26. The molecule has 0 saturated carbocycles. The fraction of sp³-hybridized carbons (Fsp3) is 0.462. The van der Waals surface area contributed by atoms with Crippen molar-refractivity contribution in [3.63, 3.8) is 0 Å². The van der Waals surface area contributed by atoms with Crippen LogP contribution in [0, 0.1) is 0 Å². The molecule has 1 aromatic carbocycles. The molecule has 0 saturated heterocycles. The van der Waals surface area contributed by atoms with Crippen LogP contribution in [-0.2, 0) is 0 Å². The highest BCUT2D eigenvalue weighted by atomic mass is 79.9. The molecule has 0 spiro atoms. The fourth-order valence-electron chi connectivity index (χ4n) is 1.53. The third-order valence-corrected chi connectivity index (χ3v) is 4.08. The average Bonchev–Trinajstić information content (AvgIpc) is 2.35. The van der Waals surface area contributed by atoms with Gasteiger partial charge in [-0.3, -0.25) is 4.79 Å². The molecule has 1 amide bonds. The number of carbonyl (C=O) groups is 1. The second-order valence-electron chi connectivity index (χ2n) is 4.38. The lowest BCUT2D eigenvalue weighted by molar-refractivity contribution is 0.0941. The second kappa shape index (κ2) is 6.55. The van der Waals surface area contributed by atoms with Crippen molar-refractivity contribution in [1.82, 2.24) is 5.32 Å². The molecule has 0 aromatic heterocycles. The summed E-state index contributed by atoms with van der Waals surface area (Å²) in [5.74, 6) is -0.143. The molecular formula is C13H18BrClN2O. The van der Waals surface area contributed by atoms with E-state index in [0.717, 1.165) is 12.8 Å². The maximum atomic E-state index is 12.0. The first-order valence-corrected chi connectivity index (χ1v) is 7.11. The van der Waals surface area contributed by atoms with E-state index in [9.17, 15) is 4.79 Å². The van der Waals surface area contributed by atoms with E-state index in [0.29, 0.717) is 21.6 Å². The molecular weight excluding hydrogens is 316 g/mol. The molecule has 0 aliphatic rings. The molecule has 0 fully saturated rings. The van der Waals surface area contributed by atoms with E-state index in [1.54, 1.807) is 18.2 Å². The number of rotatable bonds is 5. The molecule has 0 unspecified atom stereocenters. The first kappa shape index (κ1) is 15.5. The van der Waals surface area contributed by atoms with Crippen LogP contribution in [0.3, 0.4) is 0 Å². The van der Waals surface area contributed by atoms with Crippen LogP contribution >= 0.6 is 27.5 Å². The summed E-state index contributed by atoms with van der Waals surface area (Å²) in [4.78, 5) is 12.0. The molecule has 0 radical (unpaired) electrons. The van der Waals surface area contributed by atoms with Crippen molar-refractivity contribution in [2.24, 2.45) is 5.73 Å². The number of benzene rings is 1. The Kier molecular flexibility index (Phi) is 5.63. The Labute approximate surface area is 121 Å². The van der Waals surface area contributed by atoms with Gasteiger partial charge in [-0.05, 0) is 47.0 Å². The summed E-state index contributed by atoms with van der Waals surface area (Å²) in [7, 11) is 0. The first-order valence-electron chi connectivity index (χ1n) is 5.94.